The molecule has 1 aromatic carbocycles. The Kier molecular flexibility index (Phi) is 2.41. The minimum Gasteiger partial charge on any atom is -0.456 e. The lowest BCUT2D eigenvalue weighted by atomic mass is 10.3. The van der Waals surface area contributed by atoms with Gasteiger partial charge in [-0.1, -0.05) is 18.2 Å². The summed E-state index contributed by atoms with van der Waals surface area (Å²) in [7, 11) is 0. The van der Waals surface area contributed by atoms with Crippen molar-refractivity contribution in [3.8, 4) is 11.5 Å². The Bertz CT molecular complexity index is 457. The highest BCUT2D eigenvalue weighted by Gasteiger charge is 2.00. The summed E-state index contributed by atoms with van der Waals surface area (Å²) in [6.07, 6.45) is 1.54. The molecule has 0 bridgehead atoms. The molecule has 0 aliphatic rings. The van der Waals surface area contributed by atoms with Gasteiger partial charge in [-0.15, -0.1) is 0 Å². The summed E-state index contributed by atoms with van der Waals surface area (Å²) in [5, 5.41) is 0. The molecule has 0 unspecified atom stereocenters. The maximum Gasteiger partial charge on any atom is 0.147 e. The van der Waals surface area contributed by atoms with Crippen LogP contribution in [0.25, 0.3) is 0 Å². The zero-order valence-corrected chi connectivity index (χ0v) is 8.05. The van der Waals surface area contributed by atoms with Crippen molar-refractivity contribution in [3.63, 3.8) is 0 Å². The lowest BCUT2D eigenvalue weighted by Crippen LogP contribution is -1.97. The Balaban J connectivity index is 2.22. The van der Waals surface area contributed by atoms with Crippen LogP contribution in [0.4, 0.5) is 11.5 Å². The number of para-hydroxylation sites is 1. The van der Waals surface area contributed by atoms with Crippen LogP contribution in [0.2, 0.25) is 0 Å². The summed E-state index contributed by atoms with van der Waals surface area (Å²) in [6, 6.07) is 11.1. The van der Waals surface area contributed by atoms with Crippen LogP contribution in [0, 0.1) is 0 Å². The molecule has 15 heavy (non-hydrogen) atoms. The average Bonchev–Trinajstić information content (AvgIpc) is 2.25. The molecule has 0 saturated heterocycles. The second-order valence-electron chi connectivity index (χ2n) is 3.06. The Hall–Kier alpha value is -2.23. The smallest absolute Gasteiger partial charge is 0.147 e. The molecule has 2 aromatic rings. The number of anilines is 2. The summed E-state index contributed by atoms with van der Waals surface area (Å²) in [5.74, 6) is 1.63. The van der Waals surface area contributed by atoms with Gasteiger partial charge in [0.2, 0.25) is 0 Å². The van der Waals surface area contributed by atoms with Crippen molar-refractivity contribution in [3.05, 3.63) is 42.6 Å². The van der Waals surface area contributed by atoms with E-state index >= 15 is 0 Å². The molecule has 0 spiro atoms. The summed E-state index contributed by atoms with van der Waals surface area (Å²) in [5.41, 5.74) is 11.5. The Morgan fingerprint density at radius 2 is 1.73 bits per heavy atom. The summed E-state index contributed by atoms with van der Waals surface area (Å²) < 4.78 is 5.52. The third-order valence-corrected chi connectivity index (χ3v) is 1.90. The first-order chi connectivity index (χ1) is 7.25. The van der Waals surface area contributed by atoms with Crippen LogP contribution in [-0.4, -0.2) is 4.98 Å². The van der Waals surface area contributed by atoms with Crippen LogP contribution in [0.15, 0.2) is 42.6 Å². The van der Waals surface area contributed by atoms with Gasteiger partial charge in [-0.3, -0.25) is 0 Å². The fourth-order valence-corrected chi connectivity index (χ4v) is 1.15. The lowest BCUT2D eigenvalue weighted by molar-refractivity contribution is 0.481. The Morgan fingerprint density at radius 1 is 1.00 bits per heavy atom. The van der Waals surface area contributed by atoms with Crippen LogP contribution in [0.3, 0.4) is 0 Å². The summed E-state index contributed by atoms with van der Waals surface area (Å²) in [4.78, 5) is 3.90. The number of ether oxygens (including phenoxy) is 1. The van der Waals surface area contributed by atoms with E-state index in [0.717, 1.165) is 5.75 Å². The van der Waals surface area contributed by atoms with E-state index in [4.69, 9.17) is 16.2 Å². The Morgan fingerprint density at radius 3 is 2.40 bits per heavy atom. The van der Waals surface area contributed by atoms with Crippen LogP contribution in [-0.2, 0) is 0 Å². The number of hydrogen-bond acceptors (Lipinski definition) is 4. The second-order valence-corrected chi connectivity index (χ2v) is 3.06. The van der Waals surface area contributed by atoms with Gasteiger partial charge in [-0.2, -0.15) is 0 Å². The third-order valence-electron chi connectivity index (χ3n) is 1.90. The van der Waals surface area contributed by atoms with Crippen molar-refractivity contribution in [2.24, 2.45) is 0 Å². The highest BCUT2D eigenvalue weighted by Crippen LogP contribution is 2.23. The first-order valence-corrected chi connectivity index (χ1v) is 4.49. The molecule has 0 amide bonds. The van der Waals surface area contributed by atoms with E-state index in [1.165, 1.54) is 0 Å². The van der Waals surface area contributed by atoms with Crippen LogP contribution in [0.5, 0.6) is 11.5 Å². The first-order valence-electron chi connectivity index (χ1n) is 4.49. The van der Waals surface area contributed by atoms with Gasteiger partial charge >= 0.3 is 0 Å². The highest BCUT2D eigenvalue weighted by molar-refractivity contribution is 5.60. The molecule has 2 rings (SSSR count). The molecule has 0 aliphatic heterocycles. The molecule has 0 aliphatic carbocycles. The van der Waals surface area contributed by atoms with E-state index in [1.807, 2.05) is 30.3 Å². The van der Waals surface area contributed by atoms with E-state index in [1.54, 1.807) is 12.3 Å². The molecule has 0 atom stereocenters. The summed E-state index contributed by atoms with van der Waals surface area (Å²) >= 11 is 0. The van der Waals surface area contributed by atoms with Crippen LogP contribution in [0.1, 0.15) is 0 Å². The van der Waals surface area contributed by atoms with Crippen LogP contribution < -0.4 is 16.2 Å². The zero-order valence-electron chi connectivity index (χ0n) is 8.05. The predicted octanol–water partition coefficient (Wildman–Crippen LogP) is 2.04. The van der Waals surface area contributed by atoms with Crippen molar-refractivity contribution < 1.29 is 4.74 Å². The van der Waals surface area contributed by atoms with Gasteiger partial charge in [0.15, 0.2) is 0 Å². The normalized spacial score (nSPS) is 9.87. The zero-order chi connectivity index (χ0) is 10.7. The van der Waals surface area contributed by atoms with Gasteiger partial charge in [0.25, 0.3) is 0 Å². The average molecular weight is 201 g/mol. The van der Waals surface area contributed by atoms with Crippen molar-refractivity contribution in [1.82, 2.24) is 4.98 Å². The standard InChI is InChI=1S/C11H11N3O/c12-10-6-9(7-14-11(10)13)15-8-4-2-1-3-5-8/h1-7H,12H2,(H2,13,14). The van der Waals surface area contributed by atoms with Gasteiger partial charge in [0.05, 0.1) is 11.9 Å². The minimum absolute atomic E-state index is 0.315. The molecule has 76 valence electrons. The number of nitrogens with zero attached hydrogens (tertiary/aromatic N) is 1. The van der Waals surface area contributed by atoms with Crippen molar-refractivity contribution >= 4 is 11.5 Å². The number of nitrogens with two attached hydrogens (primary N) is 2. The molecular formula is C11H11N3O. The minimum atomic E-state index is 0.315. The van der Waals surface area contributed by atoms with E-state index < -0.39 is 0 Å². The van der Waals surface area contributed by atoms with Gasteiger partial charge in [-0.25, -0.2) is 4.98 Å². The molecule has 0 saturated carbocycles. The predicted molar refractivity (Wildman–Crippen MR) is 59.6 cm³/mol. The number of aromatic nitrogens is 1. The highest BCUT2D eigenvalue weighted by atomic mass is 16.5. The van der Waals surface area contributed by atoms with E-state index in [9.17, 15) is 0 Å². The number of benzene rings is 1. The number of nitrogen functional groups attached to an aromatic ring is 2. The molecule has 1 aromatic heterocycles. The number of rotatable bonds is 2. The summed E-state index contributed by atoms with van der Waals surface area (Å²) in [6.45, 7) is 0. The van der Waals surface area contributed by atoms with Crippen molar-refractivity contribution in [2.45, 2.75) is 0 Å². The third kappa shape index (κ3) is 2.17. The molecular weight excluding hydrogens is 190 g/mol. The van der Waals surface area contributed by atoms with Gasteiger partial charge in [0.1, 0.15) is 17.3 Å². The largest absolute Gasteiger partial charge is 0.456 e. The van der Waals surface area contributed by atoms with E-state index in [-0.39, 0.29) is 0 Å². The fourth-order valence-electron chi connectivity index (χ4n) is 1.15. The SMILES string of the molecule is Nc1cc(Oc2ccccc2)cnc1N. The quantitative estimate of drug-likeness (QED) is 0.779. The maximum absolute atomic E-state index is 5.61. The van der Waals surface area contributed by atoms with Gasteiger partial charge in [0, 0.05) is 6.07 Å². The maximum atomic E-state index is 5.61. The van der Waals surface area contributed by atoms with Crippen molar-refractivity contribution in [2.75, 3.05) is 11.5 Å². The van der Waals surface area contributed by atoms with E-state index in [2.05, 4.69) is 4.98 Å². The lowest BCUT2D eigenvalue weighted by Gasteiger charge is -2.06. The second kappa shape index (κ2) is 3.88. The molecule has 4 heteroatoms. The molecule has 4 N–H and O–H groups in total. The first kappa shape index (κ1) is 9.33. The van der Waals surface area contributed by atoms with Gasteiger partial charge < -0.3 is 16.2 Å². The Labute approximate surface area is 87.5 Å². The van der Waals surface area contributed by atoms with Crippen LogP contribution >= 0.6 is 0 Å². The molecule has 1 heterocycles. The van der Waals surface area contributed by atoms with Gasteiger partial charge in [-0.05, 0) is 12.1 Å². The molecule has 4 nitrogen and oxygen atoms in total. The van der Waals surface area contributed by atoms with E-state index in [0.29, 0.717) is 17.3 Å². The number of pyridine rings is 1. The number of hydrogen-bond donors (Lipinski definition) is 2. The fraction of sp³-hybridized carbons (Fsp3) is 0. The molecule has 0 fully saturated rings. The molecule has 0 radical (unpaired) electrons. The van der Waals surface area contributed by atoms with Crippen molar-refractivity contribution in [1.29, 1.82) is 0 Å². The monoisotopic (exact) mass is 201 g/mol. The topological polar surface area (TPSA) is 74.2 Å².